The summed E-state index contributed by atoms with van der Waals surface area (Å²) < 4.78 is 11.8. The van der Waals surface area contributed by atoms with Gasteiger partial charge in [0.25, 0.3) is 0 Å². The summed E-state index contributed by atoms with van der Waals surface area (Å²) in [6.07, 6.45) is 2.26. The van der Waals surface area contributed by atoms with Gasteiger partial charge in [-0.2, -0.15) is 0 Å². The molecule has 1 heterocycles. The smallest absolute Gasteiger partial charge is 0.321 e. The minimum atomic E-state index is -0.887. The molecule has 7 heteroatoms. The third-order valence-electron chi connectivity index (χ3n) is 4.53. The lowest BCUT2D eigenvalue weighted by molar-refractivity contribution is -0.139. The summed E-state index contributed by atoms with van der Waals surface area (Å²) in [6, 6.07) is 10.9. The van der Waals surface area contributed by atoms with Crippen LogP contribution in [0.2, 0.25) is 0 Å². The van der Waals surface area contributed by atoms with Gasteiger partial charge in [-0.05, 0) is 52.2 Å². The highest BCUT2D eigenvalue weighted by atomic mass is 79.9. The van der Waals surface area contributed by atoms with Crippen molar-refractivity contribution in [2.24, 2.45) is 0 Å². The molecule has 0 fully saturated rings. The molecule has 6 nitrogen and oxygen atoms in total. The van der Waals surface area contributed by atoms with Gasteiger partial charge in [-0.25, -0.2) is 0 Å². The van der Waals surface area contributed by atoms with Crippen molar-refractivity contribution in [3.8, 4) is 11.5 Å². The SMILES string of the molecule is CCOc1c(Br)cc(CN[C@@H](Cc2c[nH]c3ccccc23)C(=O)O)cc1OC. The highest BCUT2D eigenvalue weighted by Crippen LogP contribution is 2.36. The molecule has 0 radical (unpaired) electrons. The zero-order chi connectivity index (χ0) is 20.1. The molecular formula is C21H23BrN2O4. The minimum absolute atomic E-state index is 0.384. The van der Waals surface area contributed by atoms with Crippen LogP contribution in [0.3, 0.4) is 0 Å². The second-order valence-corrected chi connectivity index (χ2v) is 7.23. The molecule has 0 aliphatic rings. The van der Waals surface area contributed by atoms with Crippen LogP contribution in [0, 0.1) is 0 Å². The Balaban J connectivity index is 1.75. The van der Waals surface area contributed by atoms with E-state index in [2.05, 4.69) is 26.2 Å². The predicted octanol–water partition coefficient (Wildman–Crippen LogP) is 4.12. The molecule has 0 aliphatic heterocycles. The summed E-state index contributed by atoms with van der Waals surface area (Å²) >= 11 is 3.50. The Morgan fingerprint density at radius 3 is 2.82 bits per heavy atom. The van der Waals surface area contributed by atoms with E-state index in [4.69, 9.17) is 9.47 Å². The number of fused-ring (bicyclic) bond motifs is 1. The lowest BCUT2D eigenvalue weighted by atomic mass is 10.0. The molecule has 0 unspecified atom stereocenters. The summed E-state index contributed by atoms with van der Waals surface area (Å²) in [5.74, 6) is 0.362. The van der Waals surface area contributed by atoms with Crippen LogP contribution in [0.5, 0.6) is 11.5 Å². The number of hydrogen-bond acceptors (Lipinski definition) is 4. The maximum atomic E-state index is 11.8. The van der Waals surface area contributed by atoms with Gasteiger partial charge in [0, 0.05) is 30.1 Å². The van der Waals surface area contributed by atoms with Crippen LogP contribution in [-0.4, -0.2) is 35.8 Å². The molecule has 2 aromatic carbocycles. The third-order valence-corrected chi connectivity index (χ3v) is 5.12. The summed E-state index contributed by atoms with van der Waals surface area (Å²) in [5, 5.41) is 13.8. The maximum Gasteiger partial charge on any atom is 0.321 e. The summed E-state index contributed by atoms with van der Waals surface area (Å²) in [4.78, 5) is 15.0. The Morgan fingerprint density at radius 1 is 1.32 bits per heavy atom. The van der Waals surface area contributed by atoms with Crippen LogP contribution >= 0.6 is 15.9 Å². The van der Waals surface area contributed by atoms with E-state index in [1.165, 1.54) is 0 Å². The Hall–Kier alpha value is -2.51. The fourth-order valence-corrected chi connectivity index (χ4v) is 3.77. The molecule has 1 atom stereocenters. The Labute approximate surface area is 172 Å². The number of aromatic amines is 1. The molecule has 0 saturated carbocycles. The van der Waals surface area contributed by atoms with Crippen molar-refractivity contribution in [2.75, 3.05) is 13.7 Å². The minimum Gasteiger partial charge on any atom is -0.493 e. The van der Waals surface area contributed by atoms with Gasteiger partial charge in [0.2, 0.25) is 0 Å². The number of ether oxygens (including phenoxy) is 2. The van der Waals surface area contributed by atoms with Crippen molar-refractivity contribution in [1.29, 1.82) is 0 Å². The largest absolute Gasteiger partial charge is 0.493 e. The molecule has 28 heavy (non-hydrogen) atoms. The van der Waals surface area contributed by atoms with Gasteiger partial charge in [0.1, 0.15) is 6.04 Å². The topological polar surface area (TPSA) is 83.6 Å². The van der Waals surface area contributed by atoms with E-state index in [0.717, 1.165) is 26.5 Å². The standard InChI is InChI=1S/C21H23BrN2O4/c1-3-28-20-16(22)8-13(9-19(20)27-2)11-23-18(21(25)26)10-14-12-24-17-7-5-4-6-15(14)17/h4-9,12,18,23-24H,3,10-11H2,1-2H3,(H,25,26)/t18-/m0/s1. The number of carboxylic acid groups (broad SMARTS) is 1. The maximum absolute atomic E-state index is 11.8. The third kappa shape index (κ3) is 4.48. The van der Waals surface area contributed by atoms with Crippen LogP contribution in [0.4, 0.5) is 0 Å². The number of H-pyrrole nitrogens is 1. The van der Waals surface area contributed by atoms with E-state index < -0.39 is 12.0 Å². The zero-order valence-electron chi connectivity index (χ0n) is 15.8. The van der Waals surface area contributed by atoms with E-state index in [1.54, 1.807) is 7.11 Å². The average molecular weight is 447 g/mol. The van der Waals surface area contributed by atoms with Crippen LogP contribution in [0.15, 0.2) is 47.1 Å². The van der Waals surface area contributed by atoms with Crippen molar-refractivity contribution >= 4 is 32.8 Å². The Morgan fingerprint density at radius 2 is 2.11 bits per heavy atom. The van der Waals surface area contributed by atoms with Gasteiger partial charge in [-0.15, -0.1) is 0 Å². The fourth-order valence-electron chi connectivity index (χ4n) is 3.17. The highest BCUT2D eigenvalue weighted by molar-refractivity contribution is 9.10. The van der Waals surface area contributed by atoms with Crippen molar-refractivity contribution in [3.05, 3.63) is 58.2 Å². The molecule has 3 rings (SSSR count). The van der Waals surface area contributed by atoms with E-state index >= 15 is 0 Å². The second kappa shape index (κ2) is 9.12. The first-order chi connectivity index (χ1) is 13.5. The van der Waals surface area contributed by atoms with Crippen molar-refractivity contribution in [1.82, 2.24) is 10.3 Å². The normalized spacial score (nSPS) is 12.1. The number of methoxy groups -OCH3 is 1. The van der Waals surface area contributed by atoms with Crippen LogP contribution in [0.1, 0.15) is 18.1 Å². The number of nitrogens with one attached hydrogen (secondary N) is 2. The second-order valence-electron chi connectivity index (χ2n) is 6.38. The Bertz CT molecular complexity index is 970. The lowest BCUT2D eigenvalue weighted by Crippen LogP contribution is -2.38. The molecule has 0 amide bonds. The number of halogens is 1. The van der Waals surface area contributed by atoms with E-state index in [-0.39, 0.29) is 0 Å². The van der Waals surface area contributed by atoms with E-state index in [0.29, 0.717) is 31.1 Å². The van der Waals surface area contributed by atoms with E-state index in [9.17, 15) is 9.90 Å². The fraction of sp³-hybridized carbons (Fsp3) is 0.286. The van der Waals surface area contributed by atoms with Gasteiger partial charge in [0.15, 0.2) is 11.5 Å². The Kier molecular flexibility index (Phi) is 6.59. The molecule has 0 bridgehead atoms. The number of carboxylic acids is 1. The van der Waals surface area contributed by atoms with Crippen molar-refractivity contribution < 1.29 is 19.4 Å². The monoisotopic (exact) mass is 446 g/mol. The molecule has 0 aliphatic carbocycles. The molecule has 0 spiro atoms. The first kappa shape index (κ1) is 20.2. The number of carbonyl (C=O) groups is 1. The number of rotatable bonds is 9. The van der Waals surface area contributed by atoms with Gasteiger partial charge < -0.3 is 24.9 Å². The van der Waals surface area contributed by atoms with Gasteiger partial charge in [-0.1, -0.05) is 18.2 Å². The molecule has 3 aromatic rings. The first-order valence-corrected chi connectivity index (χ1v) is 9.83. The predicted molar refractivity (Wildman–Crippen MR) is 112 cm³/mol. The van der Waals surface area contributed by atoms with Gasteiger partial charge >= 0.3 is 5.97 Å². The van der Waals surface area contributed by atoms with Crippen molar-refractivity contribution in [3.63, 3.8) is 0 Å². The summed E-state index contributed by atoms with van der Waals surface area (Å²) in [5.41, 5.74) is 2.88. The summed E-state index contributed by atoms with van der Waals surface area (Å²) in [7, 11) is 1.58. The first-order valence-electron chi connectivity index (χ1n) is 9.03. The molecular weight excluding hydrogens is 424 g/mol. The van der Waals surface area contributed by atoms with Crippen molar-refractivity contribution in [2.45, 2.75) is 25.9 Å². The number of aromatic nitrogens is 1. The number of hydrogen-bond donors (Lipinski definition) is 3. The van der Waals surface area contributed by atoms with E-state index in [1.807, 2.05) is 49.5 Å². The van der Waals surface area contributed by atoms with Crippen LogP contribution in [0.25, 0.3) is 10.9 Å². The van der Waals surface area contributed by atoms with Crippen LogP contribution in [-0.2, 0) is 17.8 Å². The van der Waals surface area contributed by atoms with Gasteiger partial charge in [-0.3, -0.25) is 4.79 Å². The van der Waals surface area contributed by atoms with Gasteiger partial charge in [0.05, 0.1) is 18.2 Å². The molecule has 3 N–H and O–H groups in total. The number of para-hydroxylation sites is 1. The highest BCUT2D eigenvalue weighted by Gasteiger charge is 2.20. The number of aliphatic carboxylic acids is 1. The van der Waals surface area contributed by atoms with Crippen LogP contribution < -0.4 is 14.8 Å². The zero-order valence-corrected chi connectivity index (χ0v) is 17.4. The lowest BCUT2D eigenvalue weighted by Gasteiger charge is -2.17. The number of benzene rings is 2. The average Bonchev–Trinajstić information content (AvgIpc) is 3.09. The quantitative estimate of drug-likeness (QED) is 0.460. The molecule has 148 valence electrons. The molecule has 0 saturated heterocycles. The molecule has 1 aromatic heterocycles. The summed E-state index contributed by atoms with van der Waals surface area (Å²) in [6.45, 7) is 2.82.